The van der Waals surface area contributed by atoms with Crippen LogP contribution in [0.5, 0.6) is 5.75 Å². The van der Waals surface area contributed by atoms with Gasteiger partial charge in [-0.3, -0.25) is 29.0 Å². The van der Waals surface area contributed by atoms with E-state index in [2.05, 4.69) is 20.0 Å². The number of methoxy groups -OCH3 is 1. The molecule has 4 amide bonds. The molecule has 310 valence electrons. The summed E-state index contributed by atoms with van der Waals surface area (Å²) in [4.78, 5) is 79.1. The average Bonchev–Trinajstić information content (AvgIpc) is 3.62. The minimum Gasteiger partial charge on any atom is -0.871 e. The lowest BCUT2D eigenvalue weighted by Gasteiger charge is -2.31. The summed E-state index contributed by atoms with van der Waals surface area (Å²) >= 11 is 0.531. The number of hydrogen-bond donors (Lipinski definition) is 2. The van der Waals surface area contributed by atoms with E-state index in [-0.39, 0.29) is 67.1 Å². The first-order valence-corrected chi connectivity index (χ1v) is 19.7. The summed E-state index contributed by atoms with van der Waals surface area (Å²) in [5.41, 5.74) is 2.02. The number of ether oxygens (including phenoxy) is 1. The largest absolute Gasteiger partial charge is 0.871 e. The maximum absolute atomic E-state index is 14.5. The first-order valence-electron chi connectivity index (χ1n) is 18.8. The summed E-state index contributed by atoms with van der Waals surface area (Å²) in [5.74, 6) is -3.63. The standard InChI is InChI=1S/C40H45FN4O12S/c1-40(2)28-21-25(41)13-16-30(28)44(31(40)22-27-37(50)36(38(27)51)24-11-14-26(54-3)15-12-24)20-8-4-5-9-32(46)43-29(23-58-57-56-53)39(52)42-19-7-6-10-35(49)55-45-33(47)17-18-34(45)48/h11-16,21-22,29H,4-10,17-20,23H2,1-3H3,(H3-,42,43,46,50,52,53)/p-1/b27-22-. The van der Waals surface area contributed by atoms with Crippen molar-refractivity contribution in [2.75, 3.05) is 26.0 Å². The van der Waals surface area contributed by atoms with Gasteiger partial charge in [-0.05, 0) is 69.4 Å². The summed E-state index contributed by atoms with van der Waals surface area (Å²) < 4.78 is 25.9. The lowest BCUT2D eigenvalue weighted by molar-refractivity contribution is -0.777. The Labute approximate surface area is 338 Å². The van der Waals surface area contributed by atoms with Crippen molar-refractivity contribution in [1.82, 2.24) is 15.7 Å². The van der Waals surface area contributed by atoms with E-state index in [4.69, 9.17) is 9.57 Å². The van der Waals surface area contributed by atoms with Gasteiger partial charge < -0.3 is 30.6 Å². The lowest BCUT2D eigenvalue weighted by atomic mass is 9.77. The minimum atomic E-state index is -1.09. The molecule has 2 heterocycles. The highest BCUT2D eigenvalue weighted by Gasteiger charge is 2.46. The van der Waals surface area contributed by atoms with Crippen molar-refractivity contribution in [3.05, 3.63) is 76.8 Å². The summed E-state index contributed by atoms with van der Waals surface area (Å²) in [6.07, 6.45) is 3.78. The van der Waals surface area contributed by atoms with Gasteiger partial charge in [-0.1, -0.05) is 17.9 Å². The van der Waals surface area contributed by atoms with Crippen LogP contribution >= 0.6 is 12.0 Å². The topological polar surface area (TPSA) is 216 Å². The molecule has 0 spiro atoms. The van der Waals surface area contributed by atoms with Crippen LogP contribution in [-0.4, -0.2) is 82.7 Å². The fourth-order valence-electron chi connectivity index (χ4n) is 6.88. The Morgan fingerprint density at radius 3 is 2.38 bits per heavy atom. The number of allylic oxidation sites excluding steroid dienone is 3. The van der Waals surface area contributed by atoms with Crippen LogP contribution in [0.15, 0.2) is 59.9 Å². The zero-order chi connectivity index (χ0) is 42.0. The highest BCUT2D eigenvalue weighted by molar-refractivity contribution is 7.94. The normalized spacial score (nSPS) is 17.1. The molecule has 58 heavy (non-hydrogen) atoms. The molecule has 1 atom stereocenters. The number of unbranched alkanes of at least 4 members (excludes halogenated alkanes) is 3. The molecule has 16 nitrogen and oxygen atoms in total. The Bertz CT molecular complexity index is 2010. The number of imide groups is 1. The Morgan fingerprint density at radius 1 is 1.00 bits per heavy atom. The summed E-state index contributed by atoms with van der Waals surface area (Å²) in [7, 11) is 1.52. The highest BCUT2D eigenvalue weighted by atomic mass is 32.2. The van der Waals surface area contributed by atoms with Gasteiger partial charge in [-0.2, -0.15) is 8.91 Å². The van der Waals surface area contributed by atoms with E-state index < -0.39 is 46.9 Å². The van der Waals surface area contributed by atoms with Crippen LogP contribution in [0, 0.1) is 5.82 Å². The molecule has 18 heteroatoms. The number of benzene rings is 2. The molecule has 0 saturated carbocycles. The molecule has 2 aliphatic heterocycles. The quantitative estimate of drug-likeness (QED) is 0.0352. The van der Waals surface area contributed by atoms with Crippen molar-refractivity contribution < 1.29 is 67.0 Å². The number of carbonyl (C=O) groups is 6. The van der Waals surface area contributed by atoms with Crippen molar-refractivity contribution >= 4 is 64.4 Å². The zero-order valence-electron chi connectivity index (χ0n) is 32.3. The van der Waals surface area contributed by atoms with E-state index in [9.17, 15) is 43.5 Å². The van der Waals surface area contributed by atoms with Gasteiger partial charge >= 0.3 is 5.97 Å². The Balaban J connectivity index is 1.14. The van der Waals surface area contributed by atoms with Gasteiger partial charge in [-0.15, -0.1) is 5.06 Å². The van der Waals surface area contributed by atoms with Crippen LogP contribution in [0.25, 0.3) is 5.57 Å². The number of hydrogen-bond acceptors (Lipinski definition) is 13. The maximum atomic E-state index is 14.5. The van der Waals surface area contributed by atoms with Gasteiger partial charge in [-0.25, -0.2) is 9.18 Å². The fourth-order valence-corrected chi connectivity index (χ4v) is 7.35. The maximum Gasteiger partial charge on any atom is 0.333 e. The zero-order valence-corrected chi connectivity index (χ0v) is 33.1. The molecule has 0 bridgehead atoms. The molecule has 1 fully saturated rings. The van der Waals surface area contributed by atoms with Crippen LogP contribution < -0.4 is 25.7 Å². The van der Waals surface area contributed by atoms with Gasteiger partial charge in [0.15, 0.2) is 11.5 Å². The number of halogens is 1. The van der Waals surface area contributed by atoms with Crippen molar-refractivity contribution in [3.63, 3.8) is 0 Å². The number of nitrogens with zero attached hydrogens (tertiary/aromatic N) is 2. The van der Waals surface area contributed by atoms with E-state index in [0.29, 0.717) is 71.9 Å². The molecule has 2 aromatic rings. The van der Waals surface area contributed by atoms with E-state index in [1.807, 2.05) is 18.4 Å². The van der Waals surface area contributed by atoms with E-state index in [1.54, 1.807) is 36.4 Å². The van der Waals surface area contributed by atoms with Gasteiger partial charge in [0, 0.05) is 79.5 Å². The van der Waals surface area contributed by atoms with Crippen molar-refractivity contribution in [3.8, 4) is 5.75 Å². The average molecular weight is 824 g/mol. The summed E-state index contributed by atoms with van der Waals surface area (Å²) in [6, 6.07) is 10.1. The molecule has 1 saturated heterocycles. The second-order valence-corrected chi connectivity index (χ2v) is 15.0. The molecule has 2 N–H and O–H groups in total. The fraction of sp³-hybridized carbons (Fsp3) is 0.425. The van der Waals surface area contributed by atoms with Crippen LogP contribution in [0.4, 0.5) is 10.1 Å². The van der Waals surface area contributed by atoms with Crippen LogP contribution in [-0.2, 0) is 48.4 Å². The number of hydroxylamine groups is 2. The Hall–Kier alpha value is -5.43. The first kappa shape index (κ1) is 43.7. The summed E-state index contributed by atoms with van der Waals surface area (Å²) in [6.45, 7) is 4.39. The van der Waals surface area contributed by atoms with Crippen LogP contribution in [0.2, 0.25) is 0 Å². The van der Waals surface area contributed by atoms with Gasteiger partial charge in [0.1, 0.15) is 24.2 Å². The second-order valence-electron chi connectivity index (χ2n) is 14.3. The Kier molecular flexibility index (Phi) is 14.9. The van der Waals surface area contributed by atoms with Gasteiger partial charge in [0.25, 0.3) is 11.8 Å². The van der Waals surface area contributed by atoms with Gasteiger partial charge in [0.05, 0.1) is 18.3 Å². The van der Waals surface area contributed by atoms with Crippen molar-refractivity contribution in [1.29, 1.82) is 0 Å². The number of rotatable bonds is 21. The molecule has 5 rings (SSSR count). The second kappa shape index (κ2) is 19.8. The molecular formula is C40H44FN4O12S-. The third kappa shape index (κ3) is 10.4. The third-order valence-electron chi connectivity index (χ3n) is 10.0. The smallest absolute Gasteiger partial charge is 0.333 e. The number of carbonyl (C=O) groups excluding carboxylic acids is 6. The van der Waals surface area contributed by atoms with Gasteiger partial charge in [0.2, 0.25) is 17.5 Å². The monoisotopic (exact) mass is 823 g/mol. The number of nitrogens with one attached hydrogen (secondary N) is 2. The highest BCUT2D eigenvalue weighted by Crippen LogP contribution is 2.43. The molecular weight excluding hydrogens is 780 g/mol. The summed E-state index contributed by atoms with van der Waals surface area (Å²) in [5, 5.41) is 32.7. The van der Waals surface area contributed by atoms with Crippen LogP contribution in [0.1, 0.15) is 82.8 Å². The predicted octanol–water partition coefficient (Wildman–Crippen LogP) is 2.30. The molecule has 1 unspecified atom stereocenters. The minimum absolute atomic E-state index is 0.0151. The van der Waals surface area contributed by atoms with Crippen LogP contribution in [0.3, 0.4) is 0 Å². The molecule has 0 aromatic heterocycles. The Morgan fingerprint density at radius 2 is 1.71 bits per heavy atom. The molecule has 0 radical (unpaired) electrons. The van der Waals surface area contributed by atoms with Crippen molar-refractivity contribution in [2.45, 2.75) is 83.1 Å². The molecule has 3 aliphatic rings. The third-order valence-corrected chi connectivity index (χ3v) is 10.6. The van der Waals surface area contributed by atoms with E-state index >= 15 is 0 Å². The number of fused-ring (bicyclic) bond motifs is 1. The molecule has 1 aliphatic carbocycles. The van der Waals surface area contributed by atoms with E-state index in [1.165, 1.54) is 19.2 Å². The first-order chi connectivity index (χ1) is 27.8. The molecule has 2 aromatic carbocycles. The number of Topliss-reactive ketones (excluding diaryl/α,β-unsaturated/α-hetero) is 1. The SMILES string of the molecule is COc1ccc(C2=C([O-])/C(=C/C3=[N+](CCCCCC(=O)NC(CSOO[O-])C(=O)NCCCCC(=O)ON4C(=O)CCC4=O)c4ccc(F)cc4C3(C)C)C2=O)cc1. The van der Waals surface area contributed by atoms with Crippen molar-refractivity contribution in [2.24, 2.45) is 0 Å². The number of ketones is 1. The van der Waals surface area contributed by atoms with E-state index in [0.717, 1.165) is 5.69 Å². The number of amides is 4. The predicted molar refractivity (Wildman–Crippen MR) is 201 cm³/mol. The lowest BCUT2D eigenvalue weighted by Crippen LogP contribution is -2.48.